The number of H-pyrrole nitrogens is 1. The van der Waals surface area contributed by atoms with Crippen molar-refractivity contribution in [1.82, 2.24) is 9.97 Å². The van der Waals surface area contributed by atoms with E-state index in [0.717, 1.165) is 39.3 Å². The maximum Gasteiger partial charge on any atom is 0.194 e. The van der Waals surface area contributed by atoms with E-state index in [1.165, 1.54) is 0 Å². The summed E-state index contributed by atoms with van der Waals surface area (Å²) in [7, 11) is 0. The number of halogens is 3. The first kappa shape index (κ1) is 19.4. The Bertz CT molecular complexity index is 1120. The van der Waals surface area contributed by atoms with Crippen molar-refractivity contribution in [1.29, 1.82) is 0 Å². The van der Waals surface area contributed by atoms with Crippen LogP contribution in [0, 0.1) is 17.5 Å². The standard InChI is InChI=1S/C22H18F3N3S/c1-29-17-5-2-14(3-6-17)11-28(12-15-8-18(23)22(25)19(24)9-15)16-4-7-20-21(10-16)27-13-26-20/h2-10,13H,11-12H2,1H3,(H,26,27). The van der Waals surface area contributed by atoms with Gasteiger partial charge in [0.25, 0.3) is 0 Å². The first-order chi connectivity index (χ1) is 14.0. The molecule has 0 aliphatic rings. The first-order valence-electron chi connectivity index (χ1n) is 8.98. The van der Waals surface area contributed by atoms with E-state index >= 15 is 0 Å². The van der Waals surface area contributed by atoms with E-state index in [-0.39, 0.29) is 6.54 Å². The fraction of sp³-hybridized carbons (Fsp3) is 0.136. The lowest BCUT2D eigenvalue weighted by atomic mass is 10.1. The number of thioether (sulfide) groups is 1. The molecule has 1 N–H and O–H groups in total. The second kappa shape index (κ2) is 8.21. The van der Waals surface area contributed by atoms with Gasteiger partial charge in [0.15, 0.2) is 17.5 Å². The molecule has 1 heterocycles. The first-order valence-corrected chi connectivity index (χ1v) is 10.2. The van der Waals surface area contributed by atoms with Crippen LogP contribution in [0.5, 0.6) is 0 Å². The van der Waals surface area contributed by atoms with Gasteiger partial charge in [0.2, 0.25) is 0 Å². The van der Waals surface area contributed by atoms with Gasteiger partial charge in [-0.05, 0) is 59.8 Å². The van der Waals surface area contributed by atoms with E-state index in [0.29, 0.717) is 12.1 Å². The van der Waals surface area contributed by atoms with Gasteiger partial charge < -0.3 is 9.88 Å². The third-order valence-electron chi connectivity index (χ3n) is 4.72. The smallest absolute Gasteiger partial charge is 0.194 e. The highest BCUT2D eigenvalue weighted by Crippen LogP contribution is 2.25. The fourth-order valence-corrected chi connectivity index (χ4v) is 3.63. The molecule has 0 atom stereocenters. The number of anilines is 1. The summed E-state index contributed by atoms with van der Waals surface area (Å²) in [5.74, 6) is -3.83. The lowest BCUT2D eigenvalue weighted by Gasteiger charge is -2.25. The van der Waals surface area contributed by atoms with E-state index < -0.39 is 17.5 Å². The highest BCUT2D eigenvalue weighted by Gasteiger charge is 2.15. The molecule has 0 unspecified atom stereocenters. The van der Waals surface area contributed by atoms with Crippen molar-refractivity contribution in [2.45, 2.75) is 18.0 Å². The number of imidazole rings is 1. The summed E-state index contributed by atoms with van der Waals surface area (Å²) in [6.45, 7) is 0.736. The van der Waals surface area contributed by atoms with Crippen molar-refractivity contribution in [3.63, 3.8) is 0 Å². The molecule has 4 aromatic rings. The molecule has 3 nitrogen and oxygen atoms in total. The SMILES string of the molecule is CSc1ccc(CN(Cc2cc(F)c(F)c(F)c2)c2ccc3[nH]cnc3c2)cc1. The van der Waals surface area contributed by atoms with Crippen molar-refractivity contribution in [3.05, 3.63) is 89.5 Å². The van der Waals surface area contributed by atoms with Crippen LogP contribution in [0.3, 0.4) is 0 Å². The van der Waals surface area contributed by atoms with Gasteiger partial charge in [0, 0.05) is 23.7 Å². The number of nitrogens with one attached hydrogen (secondary N) is 1. The lowest BCUT2D eigenvalue weighted by molar-refractivity contribution is 0.445. The quantitative estimate of drug-likeness (QED) is 0.315. The van der Waals surface area contributed by atoms with Crippen LogP contribution in [-0.4, -0.2) is 16.2 Å². The molecule has 4 rings (SSSR count). The second-order valence-electron chi connectivity index (χ2n) is 6.68. The number of fused-ring (bicyclic) bond motifs is 1. The monoisotopic (exact) mass is 413 g/mol. The third-order valence-corrected chi connectivity index (χ3v) is 5.46. The second-order valence-corrected chi connectivity index (χ2v) is 7.56. The molecule has 0 bridgehead atoms. The third kappa shape index (κ3) is 4.24. The number of hydrogen-bond acceptors (Lipinski definition) is 3. The molecule has 0 aliphatic carbocycles. The Morgan fingerprint density at radius 1 is 0.897 bits per heavy atom. The molecule has 0 amide bonds. The number of hydrogen-bond donors (Lipinski definition) is 1. The van der Waals surface area contributed by atoms with Gasteiger partial charge in [0.05, 0.1) is 17.4 Å². The van der Waals surface area contributed by atoms with Gasteiger partial charge in [0.1, 0.15) is 0 Å². The van der Waals surface area contributed by atoms with Gasteiger partial charge in [-0.3, -0.25) is 0 Å². The lowest BCUT2D eigenvalue weighted by Crippen LogP contribution is -2.22. The largest absolute Gasteiger partial charge is 0.363 e. The number of aromatic nitrogens is 2. The number of rotatable bonds is 6. The van der Waals surface area contributed by atoms with E-state index in [2.05, 4.69) is 9.97 Å². The molecule has 29 heavy (non-hydrogen) atoms. The van der Waals surface area contributed by atoms with Gasteiger partial charge >= 0.3 is 0 Å². The molecule has 0 saturated heterocycles. The molecule has 148 valence electrons. The summed E-state index contributed by atoms with van der Waals surface area (Å²) in [6.07, 6.45) is 3.63. The molecule has 3 aromatic carbocycles. The maximum absolute atomic E-state index is 13.7. The van der Waals surface area contributed by atoms with E-state index in [1.54, 1.807) is 18.1 Å². The highest BCUT2D eigenvalue weighted by molar-refractivity contribution is 7.98. The van der Waals surface area contributed by atoms with E-state index in [9.17, 15) is 13.2 Å². The molecule has 0 aliphatic heterocycles. The predicted octanol–water partition coefficient (Wildman–Crippen LogP) is 5.91. The Morgan fingerprint density at radius 2 is 1.59 bits per heavy atom. The molecule has 7 heteroatoms. The molecule has 1 aromatic heterocycles. The highest BCUT2D eigenvalue weighted by atomic mass is 32.2. The van der Waals surface area contributed by atoms with E-state index in [4.69, 9.17) is 0 Å². The molecule has 0 spiro atoms. The predicted molar refractivity (Wildman–Crippen MR) is 111 cm³/mol. The molecular formula is C22H18F3N3S. The van der Waals surface area contributed by atoms with Crippen LogP contribution in [0.4, 0.5) is 18.9 Å². The van der Waals surface area contributed by atoms with Crippen molar-refractivity contribution in [2.75, 3.05) is 11.2 Å². The topological polar surface area (TPSA) is 31.9 Å². The maximum atomic E-state index is 13.7. The van der Waals surface area contributed by atoms with Crippen LogP contribution >= 0.6 is 11.8 Å². The van der Waals surface area contributed by atoms with Crippen LogP contribution in [0.25, 0.3) is 11.0 Å². The van der Waals surface area contributed by atoms with Crippen LogP contribution in [0.15, 0.2) is 65.8 Å². The number of benzene rings is 3. The normalized spacial score (nSPS) is 11.2. The Hall–Kier alpha value is -2.93. The molecule has 0 fully saturated rings. The van der Waals surface area contributed by atoms with Crippen molar-refractivity contribution < 1.29 is 13.2 Å². The van der Waals surface area contributed by atoms with Crippen LogP contribution < -0.4 is 4.90 Å². The van der Waals surface area contributed by atoms with Crippen LogP contribution in [0.2, 0.25) is 0 Å². The van der Waals surface area contributed by atoms with Crippen LogP contribution in [0.1, 0.15) is 11.1 Å². The summed E-state index contributed by atoms with van der Waals surface area (Å²) in [4.78, 5) is 10.5. The summed E-state index contributed by atoms with van der Waals surface area (Å²) in [5, 5.41) is 0. The van der Waals surface area contributed by atoms with E-state index in [1.807, 2.05) is 53.6 Å². The van der Waals surface area contributed by atoms with Gasteiger partial charge in [-0.1, -0.05) is 12.1 Å². The minimum Gasteiger partial charge on any atom is -0.363 e. The van der Waals surface area contributed by atoms with Gasteiger partial charge in [-0.2, -0.15) is 0 Å². The van der Waals surface area contributed by atoms with Crippen molar-refractivity contribution in [3.8, 4) is 0 Å². The summed E-state index contributed by atoms with van der Waals surface area (Å²) >= 11 is 1.66. The Kier molecular flexibility index (Phi) is 5.49. The fourth-order valence-electron chi connectivity index (χ4n) is 3.23. The average Bonchev–Trinajstić information content (AvgIpc) is 3.20. The summed E-state index contributed by atoms with van der Waals surface area (Å²) in [5.41, 5.74) is 3.94. The Balaban J connectivity index is 1.69. The van der Waals surface area contributed by atoms with Gasteiger partial charge in [-0.25, -0.2) is 18.2 Å². The number of aromatic amines is 1. The zero-order valence-corrected chi connectivity index (χ0v) is 16.4. The zero-order chi connectivity index (χ0) is 20.4. The Labute approximate surface area is 170 Å². The molecular weight excluding hydrogens is 395 g/mol. The van der Waals surface area contributed by atoms with Crippen molar-refractivity contribution in [2.24, 2.45) is 0 Å². The minimum absolute atomic E-state index is 0.217. The number of nitrogens with zero attached hydrogens (tertiary/aromatic N) is 2. The van der Waals surface area contributed by atoms with Crippen LogP contribution in [-0.2, 0) is 13.1 Å². The summed E-state index contributed by atoms with van der Waals surface area (Å²) in [6, 6.07) is 15.9. The summed E-state index contributed by atoms with van der Waals surface area (Å²) < 4.78 is 40.8. The molecule has 0 radical (unpaired) electrons. The minimum atomic E-state index is -1.45. The Morgan fingerprint density at radius 3 is 2.28 bits per heavy atom. The zero-order valence-electron chi connectivity index (χ0n) is 15.6. The van der Waals surface area contributed by atoms with Crippen molar-refractivity contribution >= 4 is 28.5 Å². The molecule has 0 saturated carbocycles. The van der Waals surface area contributed by atoms with Gasteiger partial charge in [-0.15, -0.1) is 11.8 Å². The average molecular weight is 413 g/mol.